The van der Waals surface area contributed by atoms with Crippen LogP contribution >= 0.6 is 0 Å². The third kappa shape index (κ3) is 23.7. The number of nitrogen functional groups attached to an aromatic ring is 1. The van der Waals surface area contributed by atoms with Gasteiger partial charge in [-0.1, -0.05) is 48.5 Å². The number of aryl methyl sites for hydroxylation is 3. The molecular weight excluding hydrogens is 1660 g/mol. The number of alkyl halides is 18. The van der Waals surface area contributed by atoms with E-state index in [1.165, 1.54) is 48.5 Å². The van der Waals surface area contributed by atoms with Crippen LogP contribution in [0.1, 0.15) is 174 Å². The van der Waals surface area contributed by atoms with Crippen molar-refractivity contribution in [2.75, 3.05) is 5.73 Å². The van der Waals surface area contributed by atoms with Gasteiger partial charge in [-0.2, -0.15) is 39.5 Å². The first kappa shape index (κ1) is 95.0. The molecule has 0 unspecified atom stereocenters. The van der Waals surface area contributed by atoms with Gasteiger partial charge in [-0.05, 0) is 222 Å². The molecule has 0 saturated carbocycles. The van der Waals surface area contributed by atoms with E-state index in [4.69, 9.17) is 10.8 Å². The molecule has 6 aromatic carbocycles. The lowest BCUT2D eigenvalue weighted by atomic mass is 9.99. The molecule has 6 heterocycles. The van der Waals surface area contributed by atoms with Crippen LogP contribution in [0.2, 0.25) is 0 Å². The minimum Gasteiger partial charge on any atom is -0.478 e. The fraction of sp³-hybridized carbons (Fsp3) is 0.292. The van der Waals surface area contributed by atoms with Crippen molar-refractivity contribution in [1.29, 1.82) is 0 Å². The number of carbonyl (C=O) groups excluding carboxylic acids is 5. The molecule has 0 aliphatic carbocycles. The van der Waals surface area contributed by atoms with Crippen molar-refractivity contribution < 1.29 is 113 Å². The first-order valence-electron chi connectivity index (χ1n) is 38.1. The first-order valence-corrected chi connectivity index (χ1v) is 38.1. The Labute approximate surface area is 697 Å². The molecule has 6 aromatic heterocycles. The van der Waals surface area contributed by atoms with E-state index in [1.807, 2.05) is 54.2 Å². The molecule has 0 atom stereocenters. The van der Waals surface area contributed by atoms with Crippen LogP contribution in [0.15, 0.2) is 182 Å². The molecule has 0 aliphatic rings. The molecule has 3 amide bonds. The Bertz CT molecular complexity index is 5640. The molecule has 12 aromatic rings. The molecule has 0 saturated heterocycles. The monoisotopic (exact) mass is 1740 g/mol. The van der Waals surface area contributed by atoms with E-state index in [9.17, 15) is 108 Å². The second-order valence-electron chi connectivity index (χ2n) is 29.9. The minimum atomic E-state index is -4.45. The van der Waals surface area contributed by atoms with Gasteiger partial charge in [0.15, 0.2) is 28.6 Å². The lowest BCUT2D eigenvalue weighted by Crippen LogP contribution is -2.38. The van der Waals surface area contributed by atoms with Crippen LogP contribution in [0, 0.1) is 0 Å². The number of fused-ring (bicyclic) bond motifs is 3. The smallest absolute Gasteiger partial charge is 0.416 e. The van der Waals surface area contributed by atoms with Crippen molar-refractivity contribution in [2.45, 2.75) is 169 Å². The lowest BCUT2D eigenvalue weighted by Gasteiger charge is -2.15. The van der Waals surface area contributed by atoms with E-state index in [1.54, 1.807) is 48.5 Å². The number of halogens is 18. The lowest BCUT2D eigenvalue weighted by molar-refractivity contribution is -0.138. The average molecular weight is 1750 g/mol. The van der Waals surface area contributed by atoms with Crippen LogP contribution in [0.25, 0.3) is 66.5 Å². The van der Waals surface area contributed by atoms with E-state index >= 15 is 0 Å². The van der Waals surface area contributed by atoms with Gasteiger partial charge in [-0.25, -0.2) is 44.3 Å². The number of nitrogens with one attached hydrogen (secondary N) is 3. The number of Topliss-reactive ketones (excluding diaryl/α,β-unsaturated/α-hetero) is 2. The van der Waals surface area contributed by atoms with Gasteiger partial charge in [0, 0.05) is 137 Å². The molecule has 0 fully saturated rings. The average Bonchev–Trinajstić information content (AvgIpc) is 1.58. The number of ketones is 2. The van der Waals surface area contributed by atoms with Crippen molar-refractivity contribution in [3.63, 3.8) is 0 Å². The quantitative estimate of drug-likeness (QED) is 0.0205. The number of nitrogens with zero attached hydrogens (tertiary/aromatic N) is 6. The number of carboxylic acids is 1. The molecule has 0 radical (unpaired) electrons. The standard InChI is InChI=1S/2C30H27F6N3O2.C17H15F3N2.C12H13F3N2O3/c2*1-4-39-23-10-5-17(11-20(23)14-24(39)19-6-8-21(9-7-19)30(34,35)36)13-25(40)22-12-18(15-37-26(22)27(31)32)16-38-28(41)29(2,3)33;1-2-22-15-8-7-14(21)9-12(15)10-16(22)11-3-5-13(6-4-11)17(18,19)20;1-12(2,15)11(20)17-5-6-3-7(10(18)19)8(9(13)14)16-4-6/h2*5-12,14-15,27H,4,13,16H2,1-3H3,(H,38,41);3-10H,2,21H2,1H3;3-4,9H,5H2,1-2H3,(H,17,20)(H,18,19). The van der Waals surface area contributed by atoms with Gasteiger partial charge >= 0.3 is 24.5 Å². The zero-order valence-electron chi connectivity index (χ0n) is 67.7. The summed E-state index contributed by atoms with van der Waals surface area (Å²) >= 11 is 0. The predicted octanol–water partition coefficient (Wildman–Crippen LogP) is 21.9. The third-order valence-corrected chi connectivity index (χ3v) is 19.4. The van der Waals surface area contributed by atoms with Gasteiger partial charge in [-0.3, -0.25) is 38.9 Å². The number of pyridine rings is 3. The maximum Gasteiger partial charge on any atom is 0.416 e. The summed E-state index contributed by atoms with van der Waals surface area (Å²) in [6.45, 7) is 13.4. The first-order chi connectivity index (χ1) is 57.9. The number of aromatic carboxylic acids is 1. The van der Waals surface area contributed by atoms with Gasteiger partial charge in [0.1, 0.15) is 17.1 Å². The number of anilines is 1. The van der Waals surface area contributed by atoms with E-state index in [-0.39, 0.29) is 60.3 Å². The zero-order valence-corrected chi connectivity index (χ0v) is 67.7. The molecular formula is C89H82F18N10O7. The van der Waals surface area contributed by atoms with Crippen molar-refractivity contribution in [1.82, 2.24) is 44.6 Å². The summed E-state index contributed by atoms with van der Waals surface area (Å²) in [5.41, 5.74) is 3.01. The van der Waals surface area contributed by atoms with Crippen LogP contribution in [0.4, 0.5) is 84.7 Å². The number of hydrogen-bond donors (Lipinski definition) is 5. The Kier molecular flexibility index (Phi) is 29.6. The number of rotatable bonds is 25. The Morgan fingerprint density at radius 3 is 0.887 bits per heavy atom. The highest BCUT2D eigenvalue weighted by atomic mass is 19.4. The van der Waals surface area contributed by atoms with Gasteiger partial charge in [0.2, 0.25) is 0 Å². The van der Waals surface area contributed by atoms with Crippen molar-refractivity contribution in [2.24, 2.45) is 0 Å². The summed E-state index contributed by atoms with van der Waals surface area (Å²) in [5.74, 6) is -5.48. The maximum absolute atomic E-state index is 13.8. The molecule has 35 heteroatoms. The van der Waals surface area contributed by atoms with Gasteiger partial charge in [0.05, 0.1) is 22.3 Å². The summed E-state index contributed by atoms with van der Waals surface area (Å²) in [5, 5.41) is 18.2. The van der Waals surface area contributed by atoms with E-state index in [0.717, 1.165) is 153 Å². The number of benzene rings is 6. The van der Waals surface area contributed by atoms with E-state index in [2.05, 4.69) is 35.5 Å². The number of hydrogen-bond acceptors (Lipinski definition) is 10. The van der Waals surface area contributed by atoms with E-state index < -0.39 is 129 Å². The number of amides is 3. The second-order valence-corrected chi connectivity index (χ2v) is 29.9. The molecule has 6 N–H and O–H groups in total. The predicted molar refractivity (Wildman–Crippen MR) is 430 cm³/mol. The van der Waals surface area contributed by atoms with Crippen LogP contribution in [-0.2, 0) is 85.0 Å². The van der Waals surface area contributed by atoms with Crippen LogP contribution < -0.4 is 21.7 Å². The third-order valence-electron chi connectivity index (χ3n) is 19.4. The molecule has 124 heavy (non-hydrogen) atoms. The number of carbonyl (C=O) groups is 6. The number of carboxylic acid groups (broad SMARTS) is 1. The number of aromatic nitrogens is 6. The Morgan fingerprint density at radius 2 is 0.629 bits per heavy atom. The molecule has 656 valence electrons. The summed E-state index contributed by atoms with van der Waals surface area (Å²) in [6.07, 6.45) is -19.5. The minimum absolute atomic E-state index is 0.185. The Hall–Kier alpha value is -12.9. The topological polar surface area (TPSA) is 238 Å². The fourth-order valence-corrected chi connectivity index (χ4v) is 13.1. The fourth-order valence-electron chi connectivity index (χ4n) is 13.1. The summed E-state index contributed by atoms with van der Waals surface area (Å²) in [7, 11) is 0. The maximum atomic E-state index is 13.8. The van der Waals surface area contributed by atoms with Gasteiger partial charge in [0.25, 0.3) is 37.0 Å². The highest BCUT2D eigenvalue weighted by Gasteiger charge is 2.35. The molecule has 17 nitrogen and oxygen atoms in total. The summed E-state index contributed by atoms with van der Waals surface area (Å²) in [6, 6.07) is 39.9. The van der Waals surface area contributed by atoms with Crippen LogP contribution in [-0.4, -0.2) is 86.0 Å². The Morgan fingerprint density at radius 1 is 0.363 bits per heavy atom. The van der Waals surface area contributed by atoms with Crippen molar-refractivity contribution in [3.05, 3.63) is 261 Å². The van der Waals surface area contributed by atoms with Crippen molar-refractivity contribution in [3.8, 4) is 33.8 Å². The second kappa shape index (κ2) is 38.7. The van der Waals surface area contributed by atoms with Crippen LogP contribution in [0.5, 0.6) is 0 Å². The highest BCUT2D eigenvalue weighted by molar-refractivity contribution is 6.01. The zero-order chi connectivity index (χ0) is 91.6. The van der Waals surface area contributed by atoms with Crippen molar-refractivity contribution >= 4 is 73.7 Å². The normalized spacial score (nSPS) is 12.1. The molecule has 0 spiro atoms. The highest BCUT2D eigenvalue weighted by Crippen LogP contribution is 2.39. The number of nitrogens with two attached hydrogens (primary N) is 1. The summed E-state index contributed by atoms with van der Waals surface area (Å²) < 4.78 is 243. The van der Waals surface area contributed by atoms with Gasteiger partial charge in [-0.15, -0.1) is 0 Å². The van der Waals surface area contributed by atoms with E-state index in [0.29, 0.717) is 52.4 Å². The molecule has 0 aliphatic heterocycles. The molecule has 12 rings (SSSR count). The SMILES string of the molecule is CC(C)(F)C(=O)NCc1cnc(C(F)F)c(C(=O)O)c1.CCn1c(-c2ccc(C(F)(F)F)cc2)cc2cc(CC(=O)c3cc(CNC(=O)C(C)(C)F)cnc3C(F)F)ccc21.CCn1c(-c2ccc(C(F)(F)F)cc2)cc2cc(CC(=O)c3cc(CNC(=O)C(C)(C)F)cnc3C(F)F)ccc21.CCn1c(-c2ccc(C(F)(F)F)cc2)cc2cc(N)ccc21. The molecule has 0 bridgehead atoms. The largest absolute Gasteiger partial charge is 0.478 e. The van der Waals surface area contributed by atoms with Gasteiger partial charge < -0.3 is 40.5 Å². The van der Waals surface area contributed by atoms with Crippen LogP contribution in [0.3, 0.4) is 0 Å². The summed E-state index contributed by atoms with van der Waals surface area (Å²) in [4.78, 5) is 83.0. The Balaban J connectivity index is 0.000000196.